The molecule has 0 N–H and O–H groups in total. The van der Waals surface area contributed by atoms with Crippen LogP contribution < -0.4 is 9.64 Å². The molecule has 1 amide bonds. The molecule has 3 rings (SSSR count). The maximum Gasteiger partial charge on any atom is 0.261 e. The van der Waals surface area contributed by atoms with Crippen LogP contribution in [0.2, 0.25) is 0 Å². The Balaban J connectivity index is 1.93. The number of amides is 1. The van der Waals surface area contributed by atoms with Gasteiger partial charge < -0.3 is 9.64 Å². The molecule has 0 radical (unpaired) electrons. The third-order valence-corrected chi connectivity index (χ3v) is 4.23. The first kappa shape index (κ1) is 14.6. The lowest BCUT2D eigenvalue weighted by molar-refractivity contribution is 0.0975. The van der Waals surface area contributed by atoms with Gasteiger partial charge in [0.15, 0.2) is 0 Å². The summed E-state index contributed by atoms with van der Waals surface area (Å²) in [6, 6.07) is 7.83. The van der Waals surface area contributed by atoms with Crippen LogP contribution in [-0.4, -0.2) is 28.8 Å². The second kappa shape index (κ2) is 5.83. The highest BCUT2D eigenvalue weighted by atomic mass is 16.5. The van der Waals surface area contributed by atoms with E-state index in [9.17, 15) is 4.79 Å². The third kappa shape index (κ3) is 2.84. The number of nitrogens with zero attached hydrogens (tertiary/aromatic N) is 3. The van der Waals surface area contributed by atoms with Crippen LogP contribution in [-0.2, 0) is 7.05 Å². The number of hydrogen-bond acceptors (Lipinski definition) is 3. The standard InChI is InChI=1S/C17H21N3O2/c1-12(13-4-5-13)20(15-6-8-16(22-3)9-7-15)17(21)14-10-18-19(2)11-14/h6-13H,4-5H2,1-3H3/t12-/m1/s1. The van der Waals surface area contributed by atoms with Crippen LogP contribution in [0, 0.1) is 5.92 Å². The van der Waals surface area contributed by atoms with E-state index in [1.165, 1.54) is 12.8 Å². The maximum atomic E-state index is 12.9. The molecule has 1 heterocycles. The van der Waals surface area contributed by atoms with Gasteiger partial charge in [-0.3, -0.25) is 9.48 Å². The molecule has 1 aromatic heterocycles. The van der Waals surface area contributed by atoms with Crippen LogP contribution in [0.1, 0.15) is 30.1 Å². The van der Waals surface area contributed by atoms with Gasteiger partial charge >= 0.3 is 0 Å². The SMILES string of the molecule is COc1ccc(N(C(=O)c2cnn(C)c2)[C@H](C)C2CC2)cc1. The third-order valence-electron chi connectivity index (χ3n) is 4.23. The van der Waals surface area contributed by atoms with Gasteiger partial charge in [0.1, 0.15) is 5.75 Å². The average molecular weight is 299 g/mol. The zero-order valence-electron chi connectivity index (χ0n) is 13.2. The number of hydrogen-bond donors (Lipinski definition) is 0. The summed E-state index contributed by atoms with van der Waals surface area (Å²) >= 11 is 0. The first-order chi connectivity index (χ1) is 10.6. The Morgan fingerprint density at radius 2 is 2.05 bits per heavy atom. The summed E-state index contributed by atoms with van der Waals surface area (Å²) in [5, 5.41) is 4.11. The number of carbonyl (C=O) groups excluding carboxylic acids is 1. The average Bonchev–Trinajstić information content (AvgIpc) is 3.29. The van der Waals surface area contributed by atoms with E-state index in [-0.39, 0.29) is 11.9 Å². The lowest BCUT2D eigenvalue weighted by Gasteiger charge is -2.29. The minimum absolute atomic E-state index is 0.00216. The van der Waals surface area contributed by atoms with E-state index in [1.807, 2.05) is 36.2 Å². The minimum atomic E-state index is -0.00216. The van der Waals surface area contributed by atoms with Gasteiger partial charge in [0.2, 0.25) is 0 Å². The molecule has 0 saturated heterocycles. The molecule has 116 valence electrons. The highest BCUT2D eigenvalue weighted by Crippen LogP contribution is 2.37. The molecule has 1 aliphatic carbocycles. The highest BCUT2D eigenvalue weighted by Gasteiger charge is 2.35. The number of benzene rings is 1. The fraction of sp³-hybridized carbons (Fsp3) is 0.412. The van der Waals surface area contributed by atoms with Gasteiger partial charge in [0.25, 0.3) is 5.91 Å². The normalized spacial score (nSPS) is 15.4. The van der Waals surface area contributed by atoms with Crippen molar-refractivity contribution in [3.63, 3.8) is 0 Å². The van der Waals surface area contributed by atoms with Crippen LogP contribution in [0.25, 0.3) is 0 Å². The van der Waals surface area contributed by atoms with Gasteiger partial charge in [0, 0.05) is 25.0 Å². The van der Waals surface area contributed by atoms with Crippen LogP contribution in [0.5, 0.6) is 5.75 Å². The molecular formula is C17H21N3O2. The zero-order valence-corrected chi connectivity index (χ0v) is 13.2. The number of methoxy groups -OCH3 is 1. The minimum Gasteiger partial charge on any atom is -0.497 e. The Hall–Kier alpha value is -2.30. The fourth-order valence-electron chi connectivity index (χ4n) is 2.74. The molecule has 1 fully saturated rings. The zero-order chi connectivity index (χ0) is 15.7. The lowest BCUT2D eigenvalue weighted by atomic mass is 10.1. The fourth-order valence-corrected chi connectivity index (χ4v) is 2.74. The summed E-state index contributed by atoms with van der Waals surface area (Å²) in [4.78, 5) is 14.8. The van der Waals surface area contributed by atoms with Crippen molar-refractivity contribution >= 4 is 11.6 Å². The monoisotopic (exact) mass is 299 g/mol. The molecule has 0 spiro atoms. The molecule has 2 aromatic rings. The van der Waals surface area contributed by atoms with Crippen LogP contribution in [0.15, 0.2) is 36.7 Å². The number of carbonyl (C=O) groups is 1. The van der Waals surface area contributed by atoms with Crippen molar-refractivity contribution in [3.05, 3.63) is 42.2 Å². The molecule has 0 aliphatic heterocycles. The molecule has 5 nitrogen and oxygen atoms in total. The largest absolute Gasteiger partial charge is 0.497 e. The van der Waals surface area contributed by atoms with E-state index in [2.05, 4.69) is 12.0 Å². The molecule has 1 atom stereocenters. The molecule has 0 unspecified atom stereocenters. The first-order valence-corrected chi connectivity index (χ1v) is 7.56. The van der Waals surface area contributed by atoms with Gasteiger partial charge in [-0.1, -0.05) is 0 Å². The van der Waals surface area contributed by atoms with Gasteiger partial charge in [-0.15, -0.1) is 0 Å². The van der Waals surface area contributed by atoms with Gasteiger partial charge in [-0.25, -0.2) is 0 Å². The molecule has 5 heteroatoms. The molecular weight excluding hydrogens is 278 g/mol. The summed E-state index contributed by atoms with van der Waals surface area (Å²) in [7, 11) is 3.46. The van der Waals surface area contributed by atoms with Crippen molar-refractivity contribution in [2.24, 2.45) is 13.0 Å². The van der Waals surface area contributed by atoms with E-state index in [4.69, 9.17) is 4.74 Å². The Morgan fingerprint density at radius 1 is 1.36 bits per heavy atom. The highest BCUT2D eigenvalue weighted by molar-refractivity contribution is 6.06. The second-order valence-electron chi connectivity index (χ2n) is 5.85. The van der Waals surface area contributed by atoms with Crippen LogP contribution in [0.3, 0.4) is 0 Å². The molecule has 1 aliphatic rings. The first-order valence-electron chi connectivity index (χ1n) is 7.56. The van der Waals surface area contributed by atoms with Gasteiger partial charge in [-0.05, 0) is 49.9 Å². The summed E-state index contributed by atoms with van der Waals surface area (Å²) in [5.74, 6) is 1.37. The Labute approximate surface area is 130 Å². The number of aromatic nitrogens is 2. The van der Waals surface area contributed by atoms with Crippen LogP contribution >= 0.6 is 0 Å². The van der Waals surface area contributed by atoms with Crippen molar-refractivity contribution < 1.29 is 9.53 Å². The predicted molar refractivity (Wildman–Crippen MR) is 85.2 cm³/mol. The Bertz CT molecular complexity index is 659. The van der Waals surface area contributed by atoms with Crippen molar-refractivity contribution in [2.45, 2.75) is 25.8 Å². The van der Waals surface area contributed by atoms with E-state index in [0.29, 0.717) is 11.5 Å². The quantitative estimate of drug-likeness (QED) is 0.853. The van der Waals surface area contributed by atoms with Crippen molar-refractivity contribution in [3.8, 4) is 5.75 Å². The number of aryl methyl sites for hydroxylation is 1. The second-order valence-corrected chi connectivity index (χ2v) is 5.85. The Kier molecular flexibility index (Phi) is 3.88. The van der Waals surface area contributed by atoms with E-state index in [1.54, 1.807) is 24.2 Å². The topological polar surface area (TPSA) is 47.4 Å². The number of anilines is 1. The maximum absolute atomic E-state index is 12.9. The molecule has 1 saturated carbocycles. The summed E-state index contributed by atoms with van der Waals surface area (Å²) in [5.41, 5.74) is 1.51. The van der Waals surface area contributed by atoms with E-state index >= 15 is 0 Å². The summed E-state index contributed by atoms with van der Waals surface area (Å²) in [6.07, 6.45) is 5.76. The van der Waals surface area contributed by atoms with Crippen molar-refractivity contribution in [1.82, 2.24) is 9.78 Å². The van der Waals surface area contributed by atoms with Gasteiger partial charge in [-0.2, -0.15) is 5.10 Å². The number of rotatable bonds is 5. The van der Waals surface area contributed by atoms with Crippen molar-refractivity contribution in [2.75, 3.05) is 12.0 Å². The lowest BCUT2D eigenvalue weighted by Crippen LogP contribution is -2.40. The molecule has 0 bridgehead atoms. The number of ether oxygens (including phenoxy) is 1. The van der Waals surface area contributed by atoms with Gasteiger partial charge in [0.05, 0.1) is 18.9 Å². The molecule has 1 aromatic carbocycles. The summed E-state index contributed by atoms with van der Waals surface area (Å²) < 4.78 is 6.85. The molecule has 22 heavy (non-hydrogen) atoms. The Morgan fingerprint density at radius 3 is 2.55 bits per heavy atom. The smallest absolute Gasteiger partial charge is 0.261 e. The van der Waals surface area contributed by atoms with Crippen molar-refractivity contribution in [1.29, 1.82) is 0 Å². The van der Waals surface area contributed by atoms with Crippen LogP contribution in [0.4, 0.5) is 5.69 Å². The van der Waals surface area contributed by atoms with E-state index in [0.717, 1.165) is 11.4 Å². The van der Waals surface area contributed by atoms with E-state index < -0.39 is 0 Å². The predicted octanol–water partition coefficient (Wildman–Crippen LogP) is 2.87. The summed E-state index contributed by atoms with van der Waals surface area (Å²) in [6.45, 7) is 2.12.